The number of hydrazone groups is 1. The number of rotatable bonds is 6. The molecule has 1 aromatic heterocycles. The normalized spacial score (nSPS) is 16.6. The summed E-state index contributed by atoms with van der Waals surface area (Å²) in [5, 5.41) is 6.22. The Kier molecular flexibility index (Phi) is 5.24. The standard InChI is InChI=1S/C20H24N4O/c1-15-5-4-6-17(20(15)14-25)11-23(2)13-19-8-7-16(9-21-19)18-10-22-24(3)12-18/h4-10,14,18H,11-13H2,1-3H3. The lowest BCUT2D eigenvalue weighted by atomic mass is 10.0. The van der Waals surface area contributed by atoms with Gasteiger partial charge in [-0.1, -0.05) is 24.3 Å². The van der Waals surface area contributed by atoms with Crippen LogP contribution < -0.4 is 0 Å². The summed E-state index contributed by atoms with van der Waals surface area (Å²) in [6.07, 6.45) is 4.87. The molecule has 0 saturated carbocycles. The van der Waals surface area contributed by atoms with E-state index in [-0.39, 0.29) is 0 Å². The fourth-order valence-corrected chi connectivity index (χ4v) is 3.18. The Hall–Kier alpha value is -2.53. The maximum Gasteiger partial charge on any atom is 0.150 e. The van der Waals surface area contributed by atoms with Gasteiger partial charge >= 0.3 is 0 Å². The Morgan fingerprint density at radius 1 is 1.28 bits per heavy atom. The zero-order valence-electron chi connectivity index (χ0n) is 15.0. The van der Waals surface area contributed by atoms with Gasteiger partial charge in [0.1, 0.15) is 0 Å². The lowest BCUT2D eigenvalue weighted by Crippen LogP contribution is -2.19. The van der Waals surface area contributed by atoms with Crippen LogP contribution in [0.1, 0.15) is 38.7 Å². The van der Waals surface area contributed by atoms with Crippen molar-refractivity contribution in [2.75, 3.05) is 20.6 Å². The molecule has 3 rings (SSSR count). The van der Waals surface area contributed by atoms with Gasteiger partial charge in [0.05, 0.1) is 5.69 Å². The summed E-state index contributed by atoms with van der Waals surface area (Å²) in [5.41, 5.74) is 5.09. The number of carbonyl (C=O) groups is 1. The first-order valence-electron chi connectivity index (χ1n) is 8.49. The average molecular weight is 336 g/mol. The molecule has 5 heteroatoms. The molecule has 5 nitrogen and oxygen atoms in total. The second kappa shape index (κ2) is 7.57. The van der Waals surface area contributed by atoms with E-state index < -0.39 is 0 Å². The van der Waals surface area contributed by atoms with Crippen LogP contribution in [0.15, 0.2) is 41.6 Å². The molecule has 0 radical (unpaired) electrons. The number of hydrogen-bond donors (Lipinski definition) is 0. The summed E-state index contributed by atoms with van der Waals surface area (Å²) < 4.78 is 0. The highest BCUT2D eigenvalue weighted by Crippen LogP contribution is 2.19. The minimum Gasteiger partial charge on any atom is -0.299 e. The molecular weight excluding hydrogens is 312 g/mol. The van der Waals surface area contributed by atoms with Crippen molar-refractivity contribution in [3.63, 3.8) is 0 Å². The summed E-state index contributed by atoms with van der Waals surface area (Å²) in [5.74, 6) is 0.326. The third kappa shape index (κ3) is 4.12. The van der Waals surface area contributed by atoms with Crippen LogP contribution >= 0.6 is 0 Å². The van der Waals surface area contributed by atoms with Crippen LogP contribution in [0.3, 0.4) is 0 Å². The minimum atomic E-state index is 0.326. The van der Waals surface area contributed by atoms with E-state index in [4.69, 9.17) is 0 Å². The molecule has 0 saturated heterocycles. The van der Waals surface area contributed by atoms with Crippen molar-refractivity contribution in [3.05, 3.63) is 64.5 Å². The van der Waals surface area contributed by atoms with E-state index in [1.54, 1.807) is 0 Å². The number of pyridine rings is 1. The number of carbonyl (C=O) groups excluding carboxylic acids is 1. The Bertz CT molecular complexity index is 770. The van der Waals surface area contributed by atoms with Gasteiger partial charge in [0.25, 0.3) is 0 Å². The van der Waals surface area contributed by atoms with Gasteiger partial charge in [-0.2, -0.15) is 5.10 Å². The maximum absolute atomic E-state index is 11.3. The van der Waals surface area contributed by atoms with Crippen LogP contribution in [-0.2, 0) is 13.1 Å². The summed E-state index contributed by atoms with van der Waals surface area (Å²) >= 11 is 0. The Balaban J connectivity index is 1.63. The second-order valence-electron chi connectivity index (χ2n) is 6.73. The number of aldehydes is 1. The van der Waals surface area contributed by atoms with Crippen molar-refractivity contribution in [3.8, 4) is 0 Å². The molecule has 0 fully saturated rings. The lowest BCUT2D eigenvalue weighted by Gasteiger charge is -2.18. The van der Waals surface area contributed by atoms with Gasteiger partial charge in [-0.3, -0.25) is 19.7 Å². The minimum absolute atomic E-state index is 0.326. The quantitative estimate of drug-likeness (QED) is 0.761. The molecule has 0 bridgehead atoms. The molecule has 0 N–H and O–H groups in total. The van der Waals surface area contributed by atoms with Crippen molar-refractivity contribution >= 4 is 12.5 Å². The van der Waals surface area contributed by atoms with E-state index in [1.807, 2.05) is 56.6 Å². The van der Waals surface area contributed by atoms with Crippen LogP contribution in [0.5, 0.6) is 0 Å². The van der Waals surface area contributed by atoms with Crippen molar-refractivity contribution in [2.45, 2.75) is 25.9 Å². The van der Waals surface area contributed by atoms with Gasteiger partial charge in [0, 0.05) is 50.6 Å². The Morgan fingerprint density at radius 2 is 2.12 bits per heavy atom. The monoisotopic (exact) mass is 336 g/mol. The Morgan fingerprint density at radius 3 is 2.76 bits per heavy atom. The molecule has 1 aliphatic heterocycles. The van der Waals surface area contributed by atoms with Gasteiger partial charge in [-0.15, -0.1) is 0 Å². The Labute approximate surface area is 149 Å². The third-order valence-electron chi connectivity index (χ3n) is 4.58. The van der Waals surface area contributed by atoms with Crippen molar-refractivity contribution in [1.82, 2.24) is 14.9 Å². The number of hydrogen-bond acceptors (Lipinski definition) is 5. The van der Waals surface area contributed by atoms with Crippen LogP contribution in [0, 0.1) is 6.92 Å². The molecule has 1 aliphatic rings. The highest BCUT2D eigenvalue weighted by Gasteiger charge is 2.17. The first-order valence-corrected chi connectivity index (χ1v) is 8.49. The zero-order chi connectivity index (χ0) is 17.8. The number of aryl methyl sites for hydroxylation is 1. The zero-order valence-corrected chi connectivity index (χ0v) is 15.0. The van der Waals surface area contributed by atoms with E-state index in [0.29, 0.717) is 5.92 Å². The fraction of sp³-hybridized carbons (Fsp3) is 0.350. The smallest absolute Gasteiger partial charge is 0.150 e. The van der Waals surface area contributed by atoms with Crippen molar-refractivity contribution in [1.29, 1.82) is 0 Å². The second-order valence-corrected chi connectivity index (χ2v) is 6.73. The maximum atomic E-state index is 11.3. The van der Waals surface area contributed by atoms with Gasteiger partial charge in [0.2, 0.25) is 0 Å². The van der Waals surface area contributed by atoms with Gasteiger partial charge in [-0.05, 0) is 36.7 Å². The predicted molar refractivity (Wildman–Crippen MR) is 99.8 cm³/mol. The number of benzene rings is 1. The number of nitrogens with zero attached hydrogens (tertiary/aromatic N) is 4. The molecule has 0 aliphatic carbocycles. The van der Waals surface area contributed by atoms with Gasteiger partial charge in [-0.25, -0.2) is 0 Å². The molecular formula is C20H24N4O. The largest absolute Gasteiger partial charge is 0.299 e. The van der Waals surface area contributed by atoms with Crippen LogP contribution in [0.2, 0.25) is 0 Å². The molecule has 2 heterocycles. The summed E-state index contributed by atoms with van der Waals surface area (Å²) in [6.45, 7) is 4.34. The third-order valence-corrected chi connectivity index (χ3v) is 4.58. The number of aromatic nitrogens is 1. The fourth-order valence-electron chi connectivity index (χ4n) is 3.18. The van der Waals surface area contributed by atoms with Gasteiger partial charge < -0.3 is 0 Å². The predicted octanol–water partition coefficient (Wildman–Crippen LogP) is 2.85. The highest BCUT2D eigenvalue weighted by atomic mass is 16.1. The van der Waals surface area contributed by atoms with Crippen molar-refractivity contribution < 1.29 is 4.79 Å². The summed E-state index contributed by atoms with van der Waals surface area (Å²) in [6, 6.07) is 10.2. The molecule has 0 spiro atoms. The van der Waals surface area contributed by atoms with Crippen molar-refractivity contribution in [2.24, 2.45) is 5.10 Å². The van der Waals surface area contributed by atoms with Crippen LogP contribution in [0.25, 0.3) is 0 Å². The summed E-state index contributed by atoms with van der Waals surface area (Å²) in [7, 11) is 4.03. The SMILES string of the molecule is Cc1cccc(CN(C)Cc2ccc(C3C=NN(C)C3)cn2)c1C=O. The topological polar surface area (TPSA) is 48.8 Å². The first-order chi connectivity index (χ1) is 12.1. The van der Waals surface area contributed by atoms with E-state index in [1.165, 1.54) is 5.56 Å². The van der Waals surface area contributed by atoms with Crippen LogP contribution in [-0.4, -0.2) is 48.0 Å². The van der Waals surface area contributed by atoms with Crippen LogP contribution in [0.4, 0.5) is 0 Å². The van der Waals surface area contributed by atoms with Gasteiger partial charge in [0.15, 0.2) is 6.29 Å². The van der Waals surface area contributed by atoms with E-state index in [0.717, 1.165) is 48.3 Å². The molecule has 25 heavy (non-hydrogen) atoms. The van der Waals surface area contributed by atoms with E-state index in [9.17, 15) is 4.79 Å². The lowest BCUT2D eigenvalue weighted by molar-refractivity contribution is 0.112. The van der Waals surface area contributed by atoms with E-state index >= 15 is 0 Å². The summed E-state index contributed by atoms with van der Waals surface area (Å²) in [4.78, 5) is 18.1. The molecule has 2 aromatic rings. The van der Waals surface area contributed by atoms with E-state index in [2.05, 4.69) is 27.1 Å². The average Bonchev–Trinajstić information content (AvgIpc) is 3.02. The molecule has 130 valence electrons. The number of likely N-dealkylation sites (N-methyl/N-ethyl adjacent to an activating group) is 1. The molecule has 0 amide bonds. The molecule has 1 aromatic carbocycles. The molecule has 1 atom stereocenters. The highest BCUT2D eigenvalue weighted by molar-refractivity contribution is 5.79. The first kappa shape index (κ1) is 17.3. The molecule has 1 unspecified atom stereocenters.